The predicted octanol–water partition coefficient (Wildman–Crippen LogP) is 4.27. The first-order chi connectivity index (χ1) is 17.3. The Balaban J connectivity index is 1.43. The zero-order valence-corrected chi connectivity index (χ0v) is 20.6. The lowest BCUT2D eigenvalue weighted by atomic mass is 9.98. The maximum Gasteiger partial charge on any atom is 0.407 e. The molecule has 5 rings (SSSR count). The number of fused-ring (bicyclic) bond motifs is 1. The normalized spacial score (nSPS) is 18.1. The highest BCUT2D eigenvalue weighted by molar-refractivity contribution is 5.68. The molecular formula is C27H30N4O5. The highest BCUT2D eigenvalue weighted by Crippen LogP contribution is 2.43. The SMILES string of the molecule is CC(C)(C)OC(=O)N[C@@H]1CCN(C(c2ccc(-c3ccncc3)cn2)c2cc3c(cc2O)OCO3)C1. The molecule has 4 heterocycles. The third kappa shape index (κ3) is 5.21. The number of phenols is 1. The van der Waals surface area contributed by atoms with Crippen molar-refractivity contribution in [3.63, 3.8) is 0 Å². The first kappa shape index (κ1) is 23.9. The van der Waals surface area contributed by atoms with Gasteiger partial charge in [-0.15, -0.1) is 0 Å². The van der Waals surface area contributed by atoms with E-state index in [1.54, 1.807) is 18.5 Å². The molecule has 0 saturated carbocycles. The molecule has 1 amide bonds. The summed E-state index contributed by atoms with van der Waals surface area (Å²) >= 11 is 0. The van der Waals surface area contributed by atoms with Crippen LogP contribution in [-0.4, -0.2) is 57.6 Å². The van der Waals surface area contributed by atoms with Crippen LogP contribution < -0.4 is 14.8 Å². The van der Waals surface area contributed by atoms with Gasteiger partial charge >= 0.3 is 6.09 Å². The van der Waals surface area contributed by atoms with Crippen molar-refractivity contribution in [1.82, 2.24) is 20.2 Å². The Hall–Kier alpha value is -3.85. The van der Waals surface area contributed by atoms with Crippen LogP contribution in [0.4, 0.5) is 4.79 Å². The van der Waals surface area contributed by atoms with E-state index in [4.69, 9.17) is 19.2 Å². The lowest BCUT2D eigenvalue weighted by Gasteiger charge is -2.29. The monoisotopic (exact) mass is 490 g/mol. The number of amides is 1. The minimum Gasteiger partial charge on any atom is -0.507 e. The summed E-state index contributed by atoms with van der Waals surface area (Å²) in [6.45, 7) is 6.92. The van der Waals surface area contributed by atoms with Gasteiger partial charge in [0.2, 0.25) is 6.79 Å². The Kier molecular flexibility index (Phi) is 6.40. The van der Waals surface area contributed by atoms with Gasteiger partial charge in [-0.2, -0.15) is 0 Å². The van der Waals surface area contributed by atoms with Crippen LogP contribution in [0.1, 0.15) is 44.5 Å². The number of hydrogen-bond acceptors (Lipinski definition) is 8. The Morgan fingerprint density at radius 2 is 1.89 bits per heavy atom. The van der Waals surface area contributed by atoms with Gasteiger partial charge in [0.1, 0.15) is 11.4 Å². The summed E-state index contributed by atoms with van der Waals surface area (Å²) in [6.07, 6.45) is 5.64. The van der Waals surface area contributed by atoms with Gasteiger partial charge in [-0.1, -0.05) is 6.07 Å². The van der Waals surface area contributed by atoms with Crippen molar-refractivity contribution in [2.24, 2.45) is 0 Å². The van der Waals surface area contributed by atoms with Gasteiger partial charge in [0.15, 0.2) is 11.5 Å². The van der Waals surface area contributed by atoms with Crippen molar-refractivity contribution >= 4 is 6.09 Å². The molecule has 188 valence electrons. The second-order valence-corrected chi connectivity index (χ2v) is 10.0. The number of nitrogens with one attached hydrogen (secondary N) is 1. The highest BCUT2D eigenvalue weighted by Gasteiger charge is 2.35. The third-order valence-corrected chi connectivity index (χ3v) is 6.20. The molecule has 0 aliphatic carbocycles. The molecule has 0 spiro atoms. The first-order valence-corrected chi connectivity index (χ1v) is 12.0. The van der Waals surface area contributed by atoms with Crippen LogP contribution in [0.3, 0.4) is 0 Å². The molecule has 0 radical (unpaired) electrons. The number of alkyl carbamates (subject to hydrolysis) is 1. The number of ether oxygens (including phenoxy) is 3. The van der Waals surface area contributed by atoms with Crippen molar-refractivity contribution in [3.8, 4) is 28.4 Å². The molecule has 1 unspecified atom stereocenters. The Labute approximate surface area is 210 Å². The summed E-state index contributed by atoms with van der Waals surface area (Å²) < 4.78 is 16.5. The van der Waals surface area contributed by atoms with E-state index in [2.05, 4.69) is 15.2 Å². The van der Waals surface area contributed by atoms with Crippen molar-refractivity contribution in [2.45, 2.75) is 44.9 Å². The second-order valence-electron chi connectivity index (χ2n) is 10.0. The van der Waals surface area contributed by atoms with Gasteiger partial charge < -0.3 is 24.6 Å². The van der Waals surface area contributed by atoms with Gasteiger partial charge in [0, 0.05) is 54.9 Å². The van der Waals surface area contributed by atoms with Gasteiger partial charge in [-0.3, -0.25) is 14.9 Å². The number of benzene rings is 1. The van der Waals surface area contributed by atoms with E-state index in [0.717, 1.165) is 23.2 Å². The fourth-order valence-corrected chi connectivity index (χ4v) is 4.61. The lowest BCUT2D eigenvalue weighted by molar-refractivity contribution is 0.0505. The van der Waals surface area contributed by atoms with E-state index in [1.807, 2.05) is 57.3 Å². The van der Waals surface area contributed by atoms with Gasteiger partial charge in [0.05, 0.1) is 11.7 Å². The van der Waals surface area contributed by atoms with Gasteiger partial charge in [0.25, 0.3) is 0 Å². The Morgan fingerprint density at radius 3 is 2.58 bits per heavy atom. The Morgan fingerprint density at radius 1 is 1.14 bits per heavy atom. The van der Waals surface area contributed by atoms with Crippen LogP contribution in [0.2, 0.25) is 0 Å². The maximum absolute atomic E-state index is 12.3. The third-order valence-electron chi connectivity index (χ3n) is 6.20. The number of rotatable bonds is 5. The average molecular weight is 491 g/mol. The number of pyridine rings is 2. The van der Waals surface area contributed by atoms with Crippen LogP contribution in [0.15, 0.2) is 55.0 Å². The molecule has 1 aromatic carbocycles. The zero-order chi connectivity index (χ0) is 25.3. The summed E-state index contributed by atoms with van der Waals surface area (Å²) in [5, 5.41) is 13.9. The van der Waals surface area contributed by atoms with E-state index in [-0.39, 0.29) is 24.6 Å². The standard InChI is InChI=1S/C27H30N4O5/c1-27(2,3)36-26(33)30-19-8-11-31(15-19)25(20-12-23-24(13-22(20)32)35-16-34-23)21-5-4-18(14-29-21)17-6-9-28-10-7-17/h4-7,9-10,12-14,19,25,32H,8,11,15-16H2,1-3H3,(H,30,33)/t19-,25?/m1/s1. The highest BCUT2D eigenvalue weighted by atomic mass is 16.7. The number of carbonyl (C=O) groups is 1. The summed E-state index contributed by atoms with van der Waals surface area (Å²) in [4.78, 5) is 23.4. The van der Waals surface area contributed by atoms with E-state index < -0.39 is 11.7 Å². The van der Waals surface area contributed by atoms with Crippen molar-refractivity contribution in [3.05, 3.63) is 66.2 Å². The molecule has 9 nitrogen and oxygen atoms in total. The van der Waals surface area contributed by atoms with E-state index in [1.165, 1.54) is 0 Å². The van der Waals surface area contributed by atoms with E-state index >= 15 is 0 Å². The second kappa shape index (κ2) is 9.66. The van der Waals surface area contributed by atoms with E-state index in [9.17, 15) is 9.90 Å². The fraction of sp³-hybridized carbons (Fsp3) is 0.370. The van der Waals surface area contributed by atoms with Crippen molar-refractivity contribution in [2.75, 3.05) is 19.9 Å². The molecule has 1 saturated heterocycles. The summed E-state index contributed by atoms with van der Waals surface area (Å²) in [7, 11) is 0. The van der Waals surface area contributed by atoms with Crippen molar-refractivity contribution < 1.29 is 24.1 Å². The number of nitrogens with zero attached hydrogens (tertiary/aromatic N) is 3. The molecule has 9 heteroatoms. The molecule has 2 N–H and O–H groups in total. The molecule has 2 aromatic heterocycles. The number of aromatic nitrogens is 2. The zero-order valence-electron chi connectivity index (χ0n) is 20.6. The molecule has 2 aliphatic heterocycles. The topological polar surface area (TPSA) is 106 Å². The maximum atomic E-state index is 12.3. The fourth-order valence-electron chi connectivity index (χ4n) is 4.61. The largest absolute Gasteiger partial charge is 0.507 e. The number of aromatic hydroxyl groups is 1. The summed E-state index contributed by atoms with van der Waals surface area (Å²) in [5.41, 5.74) is 2.88. The smallest absolute Gasteiger partial charge is 0.407 e. The molecule has 1 fully saturated rings. The van der Waals surface area contributed by atoms with Crippen LogP contribution in [0.25, 0.3) is 11.1 Å². The number of hydrogen-bond donors (Lipinski definition) is 2. The molecule has 2 atom stereocenters. The minimum atomic E-state index is -0.566. The van der Waals surface area contributed by atoms with Crippen LogP contribution >= 0.6 is 0 Å². The molecule has 0 bridgehead atoms. The molecule has 2 aliphatic rings. The number of carbonyl (C=O) groups excluding carboxylic acids is 1. The molecular weight excluding hydrogens is 460 g/mol. The molecule has 36 heavy (non-hydrogen) atoms. The number of likely N-dealkylation sites (tertiary alicyclic amines) is 1. The first-order valence-electron chi connectivity index (χ1n) is 12.0. The van der Waals surface area contributed by atoms with Crippen LogP contribution in [0.5, 0.6) is 17.2 Å². The van der Waals surface area contributed by atoms with E-state index in [0.29, 0.717) is 30.2 Å². The molecule has 3 aromatic rings. The van der Waals surface area contributed by atoms with Crippen LogP contribution in [0, 0.1) is 0 Å². The number of phenolic OH excluding ortho intramolecular Hbond substituents is 1. The van der Waals surface area contributed by atoms with Crippen molar-refractivity contribution in [1.29, 1.82) is 0 Å². The van der Waals surface area contributed by atoms with Gasteiger partial charge in [-0.25, -0.2) is 4.79 Å². The summed E-state index contributed by atoms with van der Waals surface area (Å²) in [6, 6.07) is 10.8. The van der Waals surface area contributed by atoms with Crippen LogP contribution in [-0.2, 0) is 4.74 Å². The Bertz CT molecular complexity index is 1230. The predicted molar refractivity (Wildman–Crippen MR) is 133 cm³/mol. The minimum absolute atomic E-state index is 0.0883. The van der Waals surface area contributed by atoms with Gasteiger partial charge in [-0.05, 0) is 57.0 Å². The average Bonchev–Trinajstić information content (AvgIpc) is 3.48. The quantitative estimate of drug-likeness (QED) is 0.546. The lowest BCUT2D eigenvalue weighted by Crippen LogP contribution is -2.41. The summed E-state index contributed by atoms with van der Waals surface area (Å²) in [5.74, 6) is 1.21.